The van der Waals surface area contributed by atoms with Crippen LogP contribution in [0.15, 0.2) is 32.9 Å². The van der Waals surface area contributed by atoms with Crippen molar-refractivity contribution in [2.75, 3.05) is 11.5 Å². The molecule has 2 aromatic rings. The van der Waals surface area contributed by atoms with Crippen molar-refractivity contribution in [2.45, 2.75) is 29.1 Å². The minimum atomic E-state index is -0.0403. The fourth-order valence-corrected chi connectivity index (χ4v) is 4.59. The Morgan fingerprint density at radius 2 is 1.96 bits per heavy atom. The normalized spacial score (nSPS) is 11.0. The number of nitrogens with one attached hydrogen (secondary N) is 1. The van der Waals surface area contributed by atoms with Gasteiger partial charge < -0.3 is 5.32 Å². The molecule has 0 bridgehead atoms. The van der Waals surface area contributed by atoms with Gasteiger partial charge in [0, 0.05) is 17.3 Å². The van der Waals surface area contributed by atoms with Gasteiger partial charge in [-0.1, -0.05) is 78.5 Å². The topological polar surface area (TPSA) is 54.9 Å². The van der Waals surface area contributed by atoms with E-state index in [0.29, 0.717) is 23.2 Å². The third-order valence-corrected chi connectivity index (χ3v) is 6.67. The van der Waals surface area contributed by atoms with Crippen LogP contribution in [-0.4, -0.2) is 27.6 Å². The van der Waals surface area contributed by atoms with Crippen molar-refractivity contribution in [3.8, 4) is 0 Å². The Bertz CT molecular complexity index is 648. The molecule has 0 saturated heterocycles. The maximum Gasteiger partial charge on any atom is 0.230 e. The highest BCUT2D eigenvalue weighted by atomic mass is 35.5. The summed E-state index contributed by atoms with van der Waals surface area (Å²) in [7, 11) is 0. The predicted octanol–water partition coefficient (Wildman–Crippen LogP) is 4.35. The molecular formula is C15H18ClN3OS3. The molecule has 1 heterocycles. The number of aromatic nitrogens is 2. The number of amides is 1. The maximum atomic E-state index is 11.9. The average Bonchev–Trinajstić information content (AvgIpc) is 2.98. The van der Waals surface area contributed by atoms with E-state index in [4.69, 9.17) is 11.6 Å². The van der Waals surface area contributed by atoms with Crippen LogP contribution in [0.2, 0.25) is 5.02 Å². The van der Waals surface area contributed by atoms with E-state index < -0.39 is 0 Å². The molecule has 0 aliphatic heterocycles. The molecular weight excluding hydrogens is 370 g/mol. The molecule has 0 aliphatic rings. The maximum absolute atomic E-state index is 11.9. The Morgan fingerprint density at radius 3 is 2.65 bits per heavy atom. The van der Waals surface area contributed by atoms with E-state index in [0.717, 1.165) is 20.0 Å². The lowest BCUT2D eigenvalue weighted by molar-refractivity contribution is -0.118. The summed E-state index contributed by atoms with van der Waals surface area (Å²) >= 11 is 10.7. The first kappa shape index (κ1) is 18.6. The van der Waals surface area contributed by atoms with Crippen molar-refractivity contribution in [1.82, 2.24) is 15.5 Å². The van der Waals surface area contributed by atoms with Gasteiger partial charge in [-0.25, -0.2) is 0 Å². The van der Waals surface area contributed by atoms with Crippen molar-refractivity contribution in [3.63, 3.8) is 0 Å². The quantitative estimate of drug-likeness (QED) is 0.682. The molecule has 1 amide bonds. The average molecular weight is 388 g/mol. The molecule has 0 radical (unpaired) electrons. The van der Waals surface area contributed by atoms with E-state index in [2.05, 4.69) is 29.4 Å². The van der Waals surface area contributed by atoms with Crippen LogP contribution in [-0.2, 0) is 11.3 Å². The summed E-state index contributed by atoms with van der Waals surface area (Å²) in [5.74, 6) is 1.93. The first-order chi connectivity index (χ1) is 11.0. The van der Waals surface area contributed by atoms with E-state index >= 15 is 0 Å². The zero-order valence-corrected chi connectivity index (χ0v) is 16.1. The number of hydrogen-bond donors (Lipinski definition) is 1. The van der Waals surface area contributed by atoms with Crippen LogP contribution in [0.5, 0.6) is 0 Å². The van der Waals surface area contributed by atoms with Gasteiger partial charge in [0.1, 0.15) is 0 Å². The first-order valence-corrected chi connectivity index (χ1v) is 10.3. The molecule has 0 atom stereocenters. The molecule has 0 spiro atoms. The number of halogens is 1. The number of carbonyl (C=O) groups is 1. The summed E-state index contributed by atoms with van der Waals surface area (Å²) in [5, 5.41) is 11.8. The molecule has 124 valence electrons. The smallest absolute Gasteiger partial charge is 0.230 e. The van der Waals surface area contributed by atoms with Crippen LogP contribution in [0, 0.1) is 5.92 Å². The van der Waals surface area contributed by atoms with Crippen molar-refractivity contribution in [1.29, 1.82) is 0 Å². The molecule has 0 fully saturated rings. The Morgan fingerprint density at radius 1 is 1.26 bits per heavy atom. The van der Waals surface area contributed by atoms with E-state index in [1.807, 2.05) is 24.3 Å². The second-order valence-corrected chi connectivity index (χ2v) is 9.07. The molecule has 1 N–H and O–H groups in total. The summed E-state index contributed by atoms with van der Waals surface area (Å²) in [4.78, 5) is 11.9. The van der Waals surface area contributed by atoms with Gasteiger partial charge in [-0.2, -0.15) is 0 Å². The van der Waals surface area contributed by atoms with E-state index in [1.54, 1.807) is 11.8 Å². The lowest BCUT2D eigenvalue weighted by Gasteiger charge is -2.05. The summed E-state index contributed by atoms with van der Waals surface area (Å²) in [6.45, 7) is 4.78. The monoisotopic (exact) mass is 387 g/mol. The van der Waals surface area contributed by atoms with Crippen LogP contribution in [0.4, 0.5) is 0 Å². The van der Waals surface area contributed by atoms with Gasteiger partial charge in [-0.3, -0.25) is 4.79 Å². The van der Waals surface area contributed by atoms with Crippen LogP contribution in [0.1, 0.15) is 19.4 Å². The van der Waals surface area contributed by atoms with Crippen molar-refractivity contribution < 1.29 is 4.79 Å². The van der Waals surface area contributed by atoms with Gasteiger partial charge in [0.05, 0.1) is 5.75 Å². The van der Waals surface area contributed by atoms with Gasteiger partial charge in [0.2, 0.25) is 5.91 Å². The number of rotatable bonds is 8. The molecule has 0 unspecified atom stereocenters. The van der Waals surface area contributed by atoms with E-state index in [9.17, 15) is 4.79 Å². The number of benzene rings is 1. The second-order valence-electron chi connectivity index (χ2n) is 5.20. The molecule has 23 heavy (non-hydrogen) atoms. The van der Waals surface area contributed by atoms with E-state index in [-0.39, 0.29) is 5.91 Å². The number of hydrogen-bond acceptors (Lipinski definition) is 6. The van der Waals surface area contributed by atoms with Crippen LogP contribution >= 0.6 is 46.5 Å². The molecule has 1 aromatic heterocycles. The number of carbonyl (C=O) groups excluding carboxylic acids is 1. The van der Waals surface area contributed by atoms with Crippen molar-refractivity contribution >= 4 is 52.4 Å². The van der Waals surface area contributed by atoms with Crippen LogP contribution in [0.3, 0.4) is 0 Å². The Labute approximate surface area is 153 Å². The Hall–Kier alpha value is -0.760. The summed E-state index contributed by atoms with van der Waals surface area (Å²) in [5.41, 5.74) is 0.913. The highest BCUT2D eigenvalue weighted by Gasteiger charge is 2.09. The van der Waals surface area contributed by atoms with Gasteiger partial charge in [0.15, 0.2) is 8.68 Å². The minimum Gasteiger partial charge on any atom is -0.351 e. The third-order valence-electron chi connectivity index (χ3n) is 2.69. The Balaban J connectivity index is 1.73. The second kappa shape index (κ2) is 9.52. The molecule has 1 aromatic carbocycles. The lowest BCUT2D eigenvalue weighted by atomic mass is 10.2. The molecule has 8 heteroatoms. The van der Waals surface area contributed by atoms with Gasteiger partial charge in [0.25, 0.3) is 0 Å². The Kier molecular flexibility index (Phi) is 7.69. The third kappa shape index (κ3) is 6.71. The van der Waals surface area contributed by atoms with Gasteiger partial charge in [-0.05, 0) is 17.5 Å². The fraction of sp³-hybridized carbons (Fsp3) is 0.400. The highest BCUT2D eigenvalue weighted by molar-refractivity contribution is 8.03. The predicted molar refractivity (Wildman–Crippen MR) is 99.5 cm³/mol. The summed E-state index contributed by atoms with van der Waals surface area (Å²) in [6.07, 6.45) is 0. The molecule has 0 saturated carbocycles. The van der Waals surface area contributed by atoms with Gasteiger partial charge >= 0.3 is 0 Å². The zero-order valence-electron chi connectivity index (χ0n) is 12.9. The molecule has 0 aliphatic carbocycles. The lowest BCUT2D eigenvalue weighted by Crippen LogP contribution is -2.24. The number of nitrogens with zero attached hydrogens (tertiary/aromatic N) is 2. The number of thioether (sulfide) groups is 2. The molecule has 2 rings (SSSR count). The van der Waals surface area contributed by atoms with Crippen LogP contribution < -0.4 is 5.32 Å². The standard InChI is InChI=1S/C15H18ClN3OS3/c1-10(2)8-21-14-18-19-15(23-14)22-9-13(20)17-7-11-5-3-4-6-12(11)16/h3-6,10H,7-9H2,1-2H3,(H,17,20). The van der Waals surface area contributed by atoms with E-state index in [1.165, 1.54) is 23.1 Å². The van der Waals surface area contributed by atoms with Crippen molar-refractivity contribution in [3.05, 3.63) is 34.9 Å². The van der Waals surface area contributed by atoms with Crippen LogP contribution in [0.25, 0.3) is 0 Å². The fourth-order valence-electron chi connectivity index (χ4n) is 1.57. The summed E-state index contributed by atoms with van der Waals surface area (Å²) < 4.78 is 1.78. The molecule has 4 nitrogen and oxygen atoms in total. The van der Waals surface area contributed by atoms with Crippen molar-refractivity contribution in [2.24, 2.45) is 5.92 Å². The minimum absolute atomic E-state index is 0.0403. The highest BCUT2D eigenvalue weighted by Crippen LogP contribution is 2.29. The van der Waals surface area contributed by atoms with Gasteiger partial charge in [-0.15, -0.1) is 10.2 Å². The zero-order chi connectivity index (χ0) is 16.7. The first-order valence-electron chi connectivity index (χ1n) is 7.14. The SMILES string of the molecule is CC(C)CSc1nnc(SCC(=O)NCc2ccccc2Cl)s1. The summed E-state index contributed by atoms with van der Waals surface area (Å²) in [6, 6.07) is 7.49. The largest absolute Gasteiger partial charge is 0.351 e.